The number of hydrogen-bond acceptors (Lipinski definition) is 6. The summed E-state index contributed by atoms with van der Waals surface area (Å²) in [6.07, 6.45) is 5.50. The van der Waals surface area contributed by atoms with Gasteiger partial charge in [0, 0.05) is 24.2 Å². The van der Waals surface area contributed by atoms with Crippen molar-refractivity contribution in [2.24, 2.45) is 0 Å². The van der Waals surface area contributed by atoms with Crippen molar-refractivity contribution in [3.63, 3.8) is 0 Å². The van der Waals surface area contributed by atoms with Gasteiger partial charge in [-0.15, -0.1) is 0 Å². The molecule has 1 atom stereocenters. The lowest BCUT2D eigenvalue weighted by Gasteiger charge is -2.17. The maximum absolute atomic E-state index is 12.1. The van der Waals surface area contributed by atoms with Gasteiger partial charge in [-0.05, 0) is 41.5 Å². The van der Waals surface area contributed by atoms with Crippen molar-refractivity contribution in [3.8, 4) is 11.3 Å². The molecule has 4 aromatic rings. The van der Waals surface area contributed by atoms with Gasteiger partial charge in [0.15, 0.2) is 11.5 Å². The van der Waals surface area contributed by atoms with Crippen LogP contribution in [0.15, 0.2) is 60.9 Å². The average Bonchev–Trinajstić information content (AvgIpc) is 3.22. The second-order valence-electron chi connectivity index (χ2n) is 7.60. The summed E-state index contributed by atoms with van der Waals surface area (Å²) in [4.78, 5) is 25.3. The number of amides is 1. The molecule has 5 rings (SSSR count). The third-order valence-corrected chi connectivity index (χ3v) is 5.75. The molecule has 1 aliphatic rings. The van der Waals surface area contributed by atoms with Crippen LogP contribution in [0, 0.1) is 0 Å². The molecule has 4 N–H and O–H groups in total. The number of carbonyl (C=O) groups excluding carboxylic acids is 1. The fraction of sp³-hybridized carbons (Fsp3) is 0.167. The predicted molar refractivity (Wildman–Crippen MR) is 122 cm³/mol. The van der Waals surface area contributed by atoms with Gasteiger partial charge in [0.05, 0.1) is 17.9 Å². The van der Waals surface area contributed by atoms with Crippen molar-refractivity contribution in [2.45, 2.75) is 18.9 Å². The summed E-state index contributed by atoms with van der Waals surface area (Å²) in [6, 6.07) is 16.8. The molecule has 0 fully saturated rings. The van der Waals surface area contributed by atoms with E-state index in [1.54, 1.807) is 6.20 Å². The fourth-order valence-electron chi connectivity index (χ4n) is 4.14. The molecule has 0 radical (unpaired) electrons. The number of nitrogens with two attached hydrogens (primary N) is 1. The smallest absolute Gasteiger partial charge is 0.273 e. The van der Waals surface area contributed by atoms with Gasteiger partial charge in [0.2, 0.25) is 0 Å². The highest BCUT2D eigenvalue weighted by Crippen LogP contribution is 2.35. The lowest BCUT2D eigenvalue weighted by Crippen LogP contribution is -2.21. The number of pyridine rings is 1. The fourth-order valence-corrected chi connectivity index (χ4v) is 4.14. The van der Waals surface area contributed by atoms with Gasteiger partial charge in [0.25, 0.3) is 5.91 Å². The van der Waals surface area contributed by atoms with Crippen molar-refractivity contribution < 1.29 is 4.79 Å². The van der Waals surface area contributed by atoms with E-state index in [0.717, 1.165) is 35.0 Å². The first-order valence-electron chi connectivity index (χ1n) is 10.2. The summed E-state index contributed by atoms with van der Waals surface area (Å²) in [5, 5.41) is 8.24. The number of nitrogen functional groups attached to an aromatic ring is 1. The second-order valence-corrected chi connectivity index (χ2v) is 7.60. The molecule has 1 amide bonds. The number of aromatic nitrogens is 3. The summed E-state index contributed by atoms with van der Waals surface area (Å²) in [5.41, 5.74) is 10.1. The SMILES string of the molecule is CNC(=O)c1nc(-c2ccc3ccnc(N[C@H]4CCc5ccccc54)c3c2)cnc1N. The summed E-state index contributed by atoms with van der Waals surface area (Å²) in [7, 11) is 1.54. The molecule has 2 aromatic carbocycles. The van der Waals surface area contributed by atoms with Crippen LogP contribution >= 0.6 is 0 Å². The van der Waals surface area contributed by atoms with Gasteiger partial charge >= 0.3 is 0 Å². The van der Waals surface area contributed by atoms with Gasteiger partial charge in [-0.25, -0.2) is 15.0 Å². The molecule has 2 heterocycles. The monoisotopic (exact) mass is 410 g/mol. The Morgan fingerprint density at radius 2 is 2.00 bits per heavy atom. The zero-order chi connectivity index (χ0) is 21.4. The molecular weight excluding hydrogens is 388 g/mol. The van der Waals surface area contributed by atoms with Crippen LogP contribution in [-0.4, -0.2) is 27.9 Å². The van der Waals surface area contributed by atoms with Crippen LogP contribution in [0.4, 0.5) is 11.6 Å². The zero-order valence-corrected chi connectivity index (χ0v) is 17.1. The van der Waals surface area contributed by atoms with Crippen LogP contribution in [0.5, 0.6) is 0 Å². The predicted octanol–water partition coefficient (Wildman–Crippen LogP) is 3.73. The van der Waals surface area contributed by atoms with Gasteiger partial charge in [-0.3, -0.25) is 4.79 Å². The number of fused-ring (bicyclic) bond motifs is 2. The molecule has 0 spiro atoms. The third kappa shape index (κ3) is 3.44. The molecule has 0 bridgehead atoms. The third-order valence-electron chi connectivity index (χ3n) is 5.75. The van der Waals surface area contributed by atoms with E-state index >= 15 is 0 Å². The Balaban J connectivity index is 1.54. The van der Waals surface area contributed by atoms with Crippen molar-refractivity contribution >= 4 is 28.3 Å². The lowest BCUT2D eigenvalue weighted by molar-refractivity contribution is 0.0959. The number of nitrogens with zero attached hydrogens (tertiary/aromatic N) is 3. The van der Waals surface area contributed by atoms with Crippen molar-refractivity contribution in [1.29, 1.82) is 0 Å². The molecule has 0 aliphatic heterocycles. The number of hydrogen-bond donors (Lipinski definition) is 3. The Morgan fingerprint density at radius 3 is 2.87 bits per heavy atom. The van der Waals surface area contributed by atoms with Crippen LogP contribution in [0.2, 0.25) is 0 Å². The van der Waals surface area contributed by atoms with Crippen molar-refractivity contribution in [2.75, 3.05) is 18.1 Å². The van der Waals surface area contributed by atoms with Crippen LogP contribution in [0.25, 0.3) is 22.0 Å². The normalized spacial score (nSPS) is 14.9. The zero-order valence-electron chi connectivity index (χ0n) is 17.1. The maximum atomic E-state index is 12.1. The average molecular weight is 410 g/mol. The molecule has 154 valence electrons. The molecule has 0 saturated carbocycles. The Kier molecular flexibility index (Phi) is 4.71. The summed E-state index contributed by atoms with van der Waals surface area (Å²) in [5.74, 6) is 0.570. The van der Waals surface area contributed by atoms with E-state index in [0.29, 0.717) is 5.69 Å². The molecule has 7 heteroatoms. The molecule has 31 heavy (non-hydrogen) atoms. The summed E-state index contributed by atoms with van der Waals surface area (Å²) >= 11 is 0. The van der Waals surface area contributed by atoms with E-state index in [2.05, 4.69) is 49.9 Å². The van der Waals surface area contributed by atoms with Crippen LogP contribution in [0.1, 0.15) is 34.1 Å². The first-order chi connectivity index (χ1) is 15.1. The highest BCUT2D eigenvalue weighted by molar-refractivity contribution is 5.97. The molecule has 7 nitrogen and oxygen atoms in total. The molecular formula is C24H22N6O. The molecule has 0 saturated heterocycles. The van der Waals surface area contributed by atoms with Crippen molar-refractivity contribution in [3.05, 3.63) is 77.7 Å². The standard InChI is InChI=1S/C24H22N6O/c1-26-24(31)21-22(25)28-13-20(29-21)16-7-6-15-10-11-27-23(18(15)12-16)30-19-9-8-14-4-2-3-5-17(14)19/h2-7,10-13,19H,8-9H2,1H3,(H2,25,28)(H,26,31)(H,27,30)/t19-/m0/s1. The lowest BCUT2D eigenvalue weighted by atomic mass is 10.0. The van der Waals surface area contributed by atoms with Gasteiger partial charge in [-0.2, -0.15) is 0 Å². The summed E-state index contributed by atoms with van der Waals surface area (Å²) in [6.45, 7) is 0. The van der Waals surface area contributed by atoms with E-state index in [9.17, 15) is 4.79 Å². The van der Waals surface area contributed by atoms with Crippen LogP contribution in [-0.2, 0) is 6.42 Å². The Labute approximate surface area is 179 Å². The molecule has 1 aliphatic carbocycles. The van der Waals surface area contributed by atoms with Gasteiger partial charge in [0.1, 0.15) is 5.82 Å². The van der Waals surface area contributed by atoms with Gasteiger partial charge < -0.3 is 16.4 Å². The van der Waals surface area contributed by atoms with Crippen LogP contribution < -0.4 is 16.4 Å². The largest absolute Gasteiger partial charge is 0.382 e. The maximum Gasteiger partial charge on any atom is 0.273 e. The van der Waals surface area contributed by atoms with Crippen LogP contribution in [0.3, 0.4) is 0 Å². The summed E-state index contributed by atoms with van der Waals surface area (Å²) < 4.78 is 0. The Bertz CT molecular complexity index is 1300. The number of carbonyl (C=O) groups is 1. The van der Waals surface area contributed by atoms with E-state index in [4.69, 9.17) is 5.73 Å². The van der Waals surface area contributed by atoms with Gasteiger partial charge in [-0.1, -0.05) is 36.4 Å². The van der Waals surface area contributed by atoms with E-state index < -0.39 is 0 Å². The molecule has 2 aromatic heterocycles. The highest BCUT2D eigenvalue weighted by atomic mass is 16.1. The van der Waals surface area contributed by atoms with E-state index in [1.807, 2.05) is 30.5 Å². The number of aryl methyl sites for hydroxylation is 1. The number of benzene rings is 2. The second kappa shape index (κ2) is 7.68. The highest BCUT2D eigenvalue weighted by Gasteiger charge is 2.22. The van der Waals surface area contributed by atoms with Crippen molar-refractivity contribution in [1.82, 2.24) is 20.3 Å². The minimum absolute atomic E-state index is 0.104. The number of rotatable bonds is 4. The molecule has 0 unspecified atom stereocenters. The number of anilines is 2. The Morgan fingerprint density at radius 1 is 1.13 bits per heavy atom. The minimum Gasteiger partial charge on any atom is -0.382 e. The van der Waals surface area contributed by atoms with E-state index in [1.165, 1.54) is 18.2 Å². The first kappa shape index (κ1) is 19.0. The Hall–Kier alpha value is -4.00. The topological polar surface area (TPSA) is 106 Å². The first-order valence-corrected chi connectivity index (χ1v) is 10.2. The van der Waals surface area contributed by atoms with E-state index in [-0.39, 0.29) is 23.5 Å². The quantitative estimate of drug-likeness (QED) is 0.473. The minimum atomic E-state index is -0.364. The number of nitrogens with one attached hydrogen (secondary N) is 2.